The zero-order chi connectivity index (χ0) is 29.3. The van der Waals surface area contributed by atoms with Gasteiger partial charge in [-0.3, -0.25) is 19.0 Å². The molecule has 1 unspecified atom stereocenters. The van der Waals surface area contributed by atoms with Crippen molar-refractivity contribution < 1.29 is 22.8 Å². The maximum absolute atomic E-state index is 13.1. The molecule has 3 atom stereocenters. The highest BCUT2D eigenvalue weighted by atomic mass is 19.4. The summed E-state index contributed by atoms with van der Waals surface area (Å²) in [5.74, 6) is 0.992. The van der Waals surface area contributed by atoms with Gasteiger partial charge in [-0.1, -0.05) is 44.7 Å². The lowest BCUT2D eigenvalue weighted by Gasteiger charge is -2.29. The average Bonchev–Trinajstić information content (AvgIpc) is 3.27. The van der Waals surface area contributed by atoms with Crippen molar-refractivity contribution in [2.24, 2.45) is 17.3 Å². The maximum Gasteiger partial charge on any atom is 0.416 e. The number of carbonyl (C=O) groups is 2. The van der Waals surface area contributed by atoms with E-state index < -0.39 is 11.7 Å². The number of aromatic nitrogens is 4. The molecule has 2 fully saturated rings. The number of ketones is 1. The van der Waals surface area contributed by atoms with Gasteiger partial charge in [0.15, 0.2) is 5.78 Å². The largest absolute Gasteiger partial charge is 0.416 e. The van der Waals surface area contributed by atoms with Gasteiger partial charge in [-0.25, -0.2) is 9.97 Å². The molecule has 2 aliphatic rings. The van der Waals surface area contributed by atoms with Gasteiger partial charge in [0, 0.05) is 42.0 Å². The number of nitrogens with zero attached hydrogens (tertiary/aromatic N) is 5. The summed E-state index contributed by atoms with van der Waals surface area (Å²) < 4.78 is 41.0. The SMILES string of the molecule is C=CC(=O)N1C[C@H]2[C@@H](C1c1nc(-c3ccc(C(=O)Cc4cc(C(F)(F)F)ccn4)cc3)c3c(N)nccn13)C2(C)C. The summed E-state index contributed by atoms with van der Waals surface area (Å²) in [4.78, 5) is 40.7. The summed E-state index contributed by atoms with van der Waals surface area (Å²) >= 11 is 0. The number of carbonyl (C=O) groups excluding carboxylic acids is 2. The molecule has 2 N–H and O–H groups in total. The van der Waals surface area contributed by atoms with Crippen molar-refractivity contribution in [2.45, 2.75) is 32.5 Å². The van der Waals surface area contributed by atoms with Gasteiger partial charge in [0.2, 0.25) is 5.91 Å². The zero-order valence-corrected chi connectivity index (χ0v) is 22.4. The number of Topliss-reactive ketones (excluding diaryl/α,β-unsaturated/α-hetero) is 1. The molecule has 0 spiro atoms. The molecule has 1 aliphatic carbocycles. The van der Waals surface area contributed by atoms with E-state index in [1.165, 1.54) is 6.08 Å². The number of alkyl halides is 3. The molecule has 0 radical (unpaired) electrons. The predicted octanol–water partition coefficient (Wildman–Crippen LogP) is 5.16. The van der Waals surface area contributed by atoms with Crippen LogP contribution in [0, 0.1) is 17.3 Å². The number of hydrogen-bond donors (Lipinski definition) is 1. The number of nitrogen functional groups attached to an aromatic ring is 1. The van der Waals surface area contributed by atoms with Crippen LogP contribution in [0.3, 0.4) is 0 Å². The van der Waals surface area contributed by atoms with Crippen molar-refractivity contribution in [1.29, 1.82) is 0 Å². The van der Waals surface area contributed by atoms with Gasteiger partial charge in [-0.05, 0) is 35.5 Å². The summed E-state index contributed by atoms with van der Waals surface area (Å²) in [5.41, 5.74) is 7.70. The van der Waals surface area contributed by atoms with E-state index in [4.69, 9.17) is 10.7 Å². The number of nitrogens with two attached hydrogens (primary N) is 1. The smallest absolute Gasteiger partial charge is 0.382 e. The summed E-state index contributed by atoms with van der Waals surface area (Å²) in [6.07, 6.45) is 0.943. The Morgan fingerprint density at radius 3 is 2.56 bits per heavy atom. The number of imidazole rings is 1. The summed E-state index contributed by atoms with van der Waals surface area (Å²) in [5, 5.41) is 0. The van der Waals surface area contributed by atoms with Crippen molar-refractivity contribution in [2.75, 3.05) is 12.3 Å². The van der Waals surface area contributed by atoms with Crippen LogP contribution in [-0.4, -0.2) is 42.5 Å². The Kier molecular flexibility index (Phi) is 6.02. The number of pyridine rings is 1. The minimum Gasteiger partial charge on any atom is -0.382 e. The van der Waals surface area contributed by atoms with E-state index in [1.807, 2.05) is 9.30 Å². The van der Waals surface area contributed by atoms with Gasteiger partial charge in [0.25, 0.3) is 0 Å². The van der Waals surface area contributed by atoms with Crippen molar-refractivity contribution in [1.82, 2.24) is 24.3 Å². The van der Waals surface area contributed by atoms with E-state index in [-0.39, 0.29) is 47.0 Å². The van der Waals surface area contributed by atoms with Gasteiger partial charge in [0.1, 0.15) is 22.9 Å². The number of piperidine rings is 1. The fourth-order valence-corrected chi connectivity index (χ4v) is 6.25. The molecule has 4 aromatic rings. The first-order valence-electron chi connectivity index (χ1n) is 13.1. The predicted molar refractivity (Wildman–Crippen MR) is 146 cm³/mol. The van der Waals surface area contributed by atoms with Crippen LogP contribution in [0.1, 0.15) is 47.3 Å². The zero-order valence-electron chi connectivity index (χ0n) is 22.4. The van der Waals surface area contributed by atoms with E-state index >= 15 is 0 Å². The van der Waals surface area contributed by atoms with Gasteiger partial charge < -0.3 is 10.6 Å². The Labute approximate surface area is 233 Å². The van der Waals surface area contributed by atoms with Crippen LogP contribution in [0.5, 0.6) is 0 Å². The molecule has 41 heavy (non-hydrogen) atoms. The topological polar surface area (TPSA) is 106 Å². The molecule has 1 aliphatic heterocycles. The Hall–Kier alpha value is -4.54. The fourth-order valence-electron chi connectivity index (χ4n) is 6.25. The molecule has 0 bridgehead atoms. The molecule has 8 nitrogen and oxygen atoms in total. The number of amides is 1. The maximum atomic E-state index is 13.1. The highest BCUT2D eigenvalue weighted by Crippen LogP contribution is 2.69. The Morgan fingerprint density at radius 1 is 1.15 bits per heavy atom. The van der Waals surface area contributed by atoms with Crippen LogP contribution in [0.2, 0.25) is 0 Å². The highest BCUT2D eigenvalue weighted by molar-refractivity contribution is 5.98. The highest BCUT2D eigenvalue weighted by Gasteiger charge is 2.68. The second-order valence-corrected chi connectivity index (χ2v) is 11.2. The van der Waals surface area contributed by atoms with E-state index in [1.54, 1.807) is 36.7 Å². The van der Waals surface area contributed by atoms with E-state index in [2.05, 4.69) is 30.4 Å². The van der Waals surface area contributed by atoms with Crippen LogP contribution in [0.25, 0.3) is 16.8 Å². The molecule has 1 saturated heterocycles. The molecule has 1 amide bonds. The van der Waals surface area contributed by atoms with Crippen LogP contribution in [-0.2, 0) is 17.4 Å². The molecule has 1 aromatic carbocycles. The lowest BCUT2D eigenvalue weighted by molar-refractivity contribution is -0.137. The fraction of sp³-hybridized carbons (Fsp3) is 0.300. The summed E-state index contributed by atoms with van der Waals surface area (Å²) in [6.45, 7) is 8.69. The molecular formula is C30H27F3N6O2. The first-order valence-corrected chi connectivity index (χ1v) is 13.1. The second kappa shape index (κ2) is 9.25. The normalized spacial score (nSPS) is 21.1. The minimum atomic E-state index is -4.52. The third-order valence-electron chi connectivity index (χ3n) is 8.51. The number of rotatable bonds is 6. The first kappa shape index (κ1) is 26.7. The molecule has 210 valence electrons. The standard InChI is InChI=1S/C30H27F3N6O2/c1-4-22(41)39-15-20-23(29(20,2)3)25(39)28-37-24(26-27(34)36-11-12-38(26)28)17-7-5-16(6-8-17)21(40)14-19-13-18(9-10-35-19)30(31,32)33/h4-13,20,23,25H,1,14-15H2,2-3H3,(H2,34,36)/t20-,23-,25?/m0/s1. The van der Waals surface area contributed by atoms with E-state index in [9.17, 15) is 22.8 Å². The Morgan fingerprint density at radius 2 is 1.88 bits per heavy atom. The van der Waals surface area contributed by atoms with Gasteiger partial charge in [-0.15, -0.1) is 0 Å². The van der Waals surface area contributed by atoms with Crippen molar-refractivity contribution >= 4 is 23.0 Å². The lowest BCUT2D eigenvalue weighted by Crippen LogP contribution is -2.35. The van der Waals surface area contributed by atoms with Crippen LogP contribution < -0.4 is 5.73 Å². The number of halogens is 3. The van der Waals surface area contributed by atoms with Crippen LogP contribution in [0.15, 0.2) is 67.6 Å². The number of fused-ring (bicyclic) bond motifs is 2. The number of anilines is 1. The van der Waals surface area contributed by atoms with Crippen molar-refractivity contribution in [3.05, 3.63) is 90.3 Å². The monoisotopic (exact) mass is 560 g/mol. The number of likely N-dealkylation sites (tertiary alicyclic amines) is 1. The minimum absolute atomic E-state index is 0.0361. The van der Waals surface area contributed by atoms with Crippen LogP contribution in [0.4, 0.5) is 19.0 Å². The first-order chi connectivity index (χ1) is 19.4. The molecule has 11 heteroatoms. The summed E-state index contributed by atoms with van der Waals surface area (Å²) in [6, 6.07) is 8.12. The average molecular weight is 561 g/mol. The van der Waals surface area contributed by atoms with Crippen LogP contribution >= 0.6 is 0 Å². The quantitative estimate of drug-likeness (QED) is 0.258. The Balaban J connectivity index is 1.34. The molecular weight excluding hydrogens is 533 g/mol. The molecule has 6 rings (SSSR count). The van der Waals surface area contributed by atoms with Gasteiger partial charge in [-0.2, -0.15) is 13.2 Å². The van der Waals surface area contributed by atoms with E-state index in [0.29, 0.717) is 40.6 Å². The third-order valence-corrected chi connectivity index (χ3v) is 8.51. The molecule has 1 saturated carbocycles. The number of hydrogen-bond acceptors (Lipinski definition) is 6. The summed E-state index contributed by atoms with van der Waals surface area (Å²) in [7, 11) is 0. The van der Waals surface area contributed by atoms with Gasteiger partial charge in [0.05, 0.1) is 18.0 Å². The lowest BCUT2D eigenvalue weighted by atomic mass is 10.0. The van der Waals surface area contributed by atoms with Crippen molar-refractivity contribution in [3.63, 3.8) is 0 Å². The third kappa shape index (κ3) is 4.36. The molecule has 3 aromatic heterocycles. The van der Waals surface area contributed by atoms with E-state index in [0.717, 1.165) is 18.3 Å². The second-order valence-electron chi connectivity index (χ2n) is 11.2. The van der Waals surface area contributed by atoms with Gasteiger partial charge >= 0.3 is 6.18 Å². The Bertz CT molecular complexity index is 1710. The number of benzene rings is 1. The molecule has 4 heterocycles. The van der Waals surface area contributed by atoms with Crippen molar-refractivity contribution in [3.8, 4) is 11.3 Å².